The first-order valence-corrected chi connectivity index (χ1v) is 13.7. The molecule has 4 unspecified atom stereocenters. The summed E-state index contributed by atoms with van der Waals surface area (Å²) in [4.78, 5) is 18.2. The van der Waals surface area contributed by atoms with Crippen LogP contribution >= 0.6 is 0 Å². The number of benzene rings is 1. The van der Waals surface area contributed by atoms with Gasteiger partial charge in [-0.15, -0.1) is 0 Å². The van der Waals surface area contributed by atoms with Crippen LogP contribution in [0, 0.1) is 47.2 Å². The predicted octanol–water partition coefficient (Wildman–Crippen LogP) is 7.44. The molecule has 180 valence electrons. The van der Waals surface area contributed by atoms with Crippen LogP contribution < -0.4 is 0 Å². The van der Waals surface area contributed by atoms with Gasteiger partial charge in [0.2, 0.25) is 0 Å². The lowest BCUT2D eigenvalue weighted by Crippen LogP contribution is -2.26. The summed E-state index contributed by atoms with van der Waals surface area (Å²) in [5, 5.41) is 0. The van der Waals surface area contributed by atoms with Crippen molar-refractivity contribution in [2.75, 3.05) is 0 Å². The van der Waals surface area contributed by atoms with Crippen LogP contribution in [0.15, 0.2) is 47.1 Å². The maximum absolute atomic E-state index is 14.8. The lowest BCUT2D eigenvalue weighted by Gasteiger charge is -2.26. The highest BCUT2D eigenvalue weighted by molar-refractivity contribution is 6.00. The Bertz CT molecular complexity index is 1050. The second-order valence-electron chi connectivity index (χ2n) is 12.2. The number of carbonyl (C=O) groups is 1. The Morgan fingerprint density at radius 1 is 1.15 bits per heavy atom. The van der Waals surface area contributed by atoms with Crippen molar-refractivity contribution in [3.05, 3.63) is 59.1 Å². The van der Waals surface area contributed by atoms with Gasteiger partial charge in [0.1, 0.15) is 11.5 Å². The Labute approximate surface area is 203 Å². The largest absolute Gasteiger partial charge is 0.292 e. The summed E-state index contributed by atoms with van der Waals surface area (Å²) < 4.78 is 14.8. The topological polar surface area (TPSA) is 29.4 Å². The smallest absolute Gasteiger partial charge is 0.184 e. The van der Waals surface area contributed by atoms with Crippen LogP contribution in [0.1, 0.15) is 81.8 Å². The van der Waals surface area contributed by atoms with Gasteiger partial charge in [0, 0.05) is 18.1 Å². The Morgan fingerprint density at radius 3 is 2.71 bits per heavy atom. The third-order valence-corrected chi connectivity index (χ3v) is 9.84. The van der Waals surface area contributed by atoms with Gasteiger partial charge in [-0.25, -0.2) is 4.39 Å². The number of allylic oxidation sites excluding steroid dienone is 3. The lowest BCUT2D eigenvalue weighted by molar-refractivity contribution is -0.120. The zero-order chi connectivity index (χ0) is 23.4. The van der Waals surface area contributed by atoms with Crippen LogP contribution in [0.25, 0.3) is 0 Å². The van der Waals surface area contributed by atoms with Crippen molar-refractivity contribution in [1.29, 1.82) is 0 Å². The summed E-state index contributed by atoms with van der Waals surface area (Å²) >= 11 is 0. The first-order chi connectivity index (χ1) is 16.5. The second kappa shape index (κ2) is 8.88. The number of aliphatic imine (C=N–C) groups is 1. The van der Waals surface area contributed by atoms with E-state index < -0.39 is 0 Å². The van der Waals surface area contributed by atoms with Crippen LogP contribution in [0.4, 0.5) is 4.39 Å². The Kier molecular flexibility index (Phi) is 5.86. The van der Waals surface area contributed by atoms with Crippen molar-refractivity contribution in [3.8, 4) is 0 Å². The molecule has 1 aliphatic heterocycles. The molecule has 3 heteroatoms. The minimum absolute atomic E-state index is 0.0548. The van der Waals surface area contributed by atoms with E-state index in [1.165, 1.54) is 31.3 Å². The van der Waals surface area contributed by atoms with Crippen LogP contribution in [0.5, 0.6) is 0 Å². The molecule has 4 fully saturated rings. The van der Waals surface area contributed by atoms with Crippen molar-refractivity contribution in [1.82, 2.24) is 0 Å². The molecule has 0 N–H and O–H groups in total. The number of halogens is 1. The molecular formula is C31H38FNO. The van der Waals surface area contributed by atoms with Gasteiger partial charge in [-0.05, 0) is 104 Å². The molecule has 4 aliphatic carbocycles. The molecule has 0 radical (unpaired) electrons. The van der Waals surface area contributed by atoms with Gasteiger partial charge in [0.25, 0.3) is 0 Å². The van der Waals surface area contributed by atoms with E-state index in [-0.39, 0.29) is 23.4 Å². The zero-order valence-corrected chi connectivity index (χ0v) is 20.5. The minimum atomic E-state index is -0.0625. The third-order valence-electron chi connectivity index (χ3n) is 9.84. The van der Waals surface area contributed by atoms with Crippen molar-refractivity contribution in [2.24, 2.45) is 46.4 Å². The van der Waals surface area contributed by atoms with Crippen LogP contribution in [0.2, 0.25) is 0 Å². The number of ketones is 1. The van der Waals surface area contributed by atoms with E-state index in [0.717, 1.165) is 55.1 Å². The van der Waals surface area contributed by atoms with Crippen molar-refractivity contribution in [2.45, 2.75) is 77.0 Å². The molecule has 1 aromatic carbocycles. The van der Waals surface area contributed by atoms with E-state index >= 15 is 0 Å². The number of Topliss-reactive ketones (excluding diaryl/α,β-unsaturated/α-hetero) is 1. The van der Waals surface area contributed by atoms with Gasteiger partial charge in [0.15, 0.2) is 5.78 Å². The number of rotatable bonds is 7. The number of hydrogen-bond acceptors (Lipinski definition) is 2. The maximum Gasteiger partial charge on any atom is 0.184 e. The summed E-state index contributed by atoms with van der Waals surface area (Å²) in [5.74, 6) is 3.99. The average Bonchev–Trinajstić information content (AvgIpc) is 3.21. The molecule has 1 heterocycles. The van der Waals surface area contributed by atoms with Crippen molar-refractivity contribution in [3.63, 3.8) is 0 Å². The molecular weight excluding hydrogens is 421 g/mol. The minimum Gasteiger partial charge on any atom is -0.292 e. The fourth-order valence-corrected chi connectivity index (χ4v) is 7.61. The highest BCUT2D eigenvalue weighted by atomic mass is 19.1. The molecule has 4 saturated carbocycles. The lowest BCUT2D eigenvalue weighted by atomic mass is 9.79. The number of hydrogen-bond donors (Lipinski definition) is 0. The Hall–Kier alpha value is -2.03. The highest BCUT2D eigenvalue weighted by Gasteiger charge is 2.47. The van der Waals surface area contributed by atoms with Crippen LogP contribution in [-0.4, -0.2) is 12.0 Å². The van der Waals surface area contributed by atoms with Crippen LogP contribution in [0.3, 0.4) is 0 Å². The normalized spacial score (nSPS) is 35.6. The molecule has 34 heavy (non-hydrogen) atoms. The molecule has 1 aromatic rings. The summed E-state index contributed by atoms with van der Waals surface area (Å²) in [6, 6.07) is 5.70. The number of fused-ring (bicyclic) bond motifs is 1. The number of carbonyl (C=O) groups excluding carboxylic acids is 1. The van der Waals surface area contributed by atoms with E-state index in [0.29, 0.717) is 35.8 Å². The third kappa shape index (κ3) is 4.25. The SMILES string of the molecule is C=C1CC[C@@H]2C[C@H](C(Cc3ccc(F)c(C4CC4C4CCC4)c3)C(=O)C3=CC(C)C=N3)C[C@@H]2C1. The fraction of sp³-hybridized carbons (Fsp3) is 0.613. The summed E-state index contributed by atoms with van der Waals surface area (Å²) in [7, 11) is 0. The standard InChI is InChI=1S/C31H38FNO/c1-18-6-8-22-14-24(15-23(22)10-18)26(31(34)30-11-19(2)17-33-30)12-20-7-9-29(32)28(13-20)27-16-25(27)21-4-3-5-21/h7,9,11,13,17,19,21-27H,1,3-6,8,10,12,14-16H2,2H3/t19?,22-,23+,24+,25?,26?,27?/m1/s1. The van der Waals surface area contributed by atoms with E-state index in [1.807, 2.05) is 18.4 Å². The summed E-state index contributed by atoms with van der Waals surface area (Å²) in [6.07, 6.45) is 15.5. The molecule has 0 saturated heterocycles. The first-order valence-electron chi connectivity index (χ1n) is 13.7. The molecule has 5 aliphatic rings. The van der Waals surface area contributed by atoms with E-state index in [2.05, 4.69) is 24.6 Å². The van der Waals surface area contributed by atoms with Gasteiger partial charge in [-0.1, -0.05) is 50.5 Å². The molecule has 6 rings (SSSR count). The Morgan fingerprint density at radius 2 is 1.97 bits per heavy atom. The quantitative estimate of drug-likeness (QED) is 0.390. The van der Waals surface area contributed by atoms with Crippen molar-refractivity contribution >= 4 is 12.0 Å². The number of nitrogens with zero attached hydrogens (tertiary/aromatic N) is 1. The molecule has 7 atom stereocenters. The molecule has 0 aromatic heterocycles. The molecule has 0 bridgehead atoms. The molecule has 0 spiro atoms. The van der Waals surface area contributed by atoms with E-state index in [4.69, 9.17) is 0 Å². The average molecular weight is 460 g/mol. The van der Waals surface area contributed by atoms with Crippen molar-refractivity contribution < 1.29 is 9.18 Å². The highest BCUT2D eigenvalue weighted by Crippen LogP contribution is 2.57. The Balaban J connectivity index is 1.24. The van der Waals surface area contributed by atoms with Gasteiger partial charge in [0.05, 0.1) is 0 Å². The van der Waals surface area contributed by atoms with Gasteiger partial charge in [-0.3, -0.25) is 9.79 Å². The van der Waals surface area contributed by atoms with Crippen LogP contribution in [-0.2, 0) is 11.2 Å². The fourth-order valence-electron chi connectivity index (χ4n) is 7.61. The summed E-state index contributed by atoms with van der Waals surface area (Å²) in [5.41, 5.74) is 4.06. The zero-order valence-electron chi connectivity index (χ0n) is 20.5. The van der Waals surface area contributed by atoms with Gasteiger partial charge >= 0.3 is 0 Å². The van der Waals surface area contributed by atoms with Gasteiger partial charge < -0.3 is 0 Å². The molecule has 0 amide bonds. The van der Waals surface area contributed by atoms with E-state index in [9.17, 15) is 9.18 Å². The molecule has 2 nitrogen and oxygen atoms in total. The second-order valence-corrected chi connectivity index (χ2v) is 12.2. The van der Waals surface area contributed by atoms with E-state index in [1.54, 1.807) is 6.07 Å². The maximum atomic E-state index is 14.8. The van der Waals surface area contributed by atoms with Gasteiger partial charge in [-0.2, -0.15) is 0 Å². The first kappa shape index (κ1) is 22.4. The summed E-state index contributed by atoms with van der Waals surface area (Å²) in [6.45, 7) is 6.34. The predicted molar refractivity (Wildman–Crippen MR) is 135 cm³/mol. The monoisotopic (exact) mass is 459 g/mol.